The lowest BCUT2D eigenvalue weighted by atomic mass is 10.1. The van der Waals surface area contributed by atoms with Gasteiger partial charge in [0.05, 0.1) is 5.75 Å². The third-order valence-electron chi connectivity index (χ3n) is 3.02. The summed E-state index contributed by atoms with van der Waals surface area (Å²) in [5.41, 5.74) is 0. The summed E-state index contributed by atoms with van der Waals surface area (Å²) >= 11 is 0. The van der Waals surface area contributed by atoms with Crippen LogP contribution in [-0.2, 0) is 9.84 Å². The molecule has 0 aromatic carbocycles. The zero-order valence-corrected chi connectivity index (χ0v) is 12.5. The van der Waals surface area contributed by atoms with E-state index >= 15 is 0 Å². The van der Waals surface area contributed by atoms with E-state index in [1.54, 1.807) is 6.92 Å². The van der Waals surface area contributed by atoms with Crippen molar-refractivity contribution in [3.8, 4) is 0 Å². The van der Waals surface area contributed by atoms with E-state index in [1.165, 1.54) is 12.8 Å². The Hall–Kier alpha value is -0.0900. The van der Waals surface area contributed by atoms with Crippen LogP contribution in [0.4, 0.5) is 0 Å². The van der Waals surface area contributed by atoms with E-state index in [1.807, 2.05) is 0 Å². The summed E-state index contributed by atoms with van der Waals surface area (Å²) in [7, 11) is -2.77. The van der Waals surface area contributed by atoms with Gasteiger partial charge in [-0.25, -0.2) is 8.42 Å². The molecule has 0 rings (SSSR count). The lowest BCUT2D eigenvalue weighted by Gasteiger charge is -2.17. The molecule has 0 aliphatic heterocycles. The molecule has 0 heterocycles. The highest BCUT2D eigenvalue weighted by molar-refractivity contribution is 7.91. The van der Waals surface area contributed by atoms with Gasteiger partial charge in [-0.15, -0.1) is 0 Å². The maximum Gasteiger partial charge on any atom is 0.150 e. The lowest BCUT2D eigenvalue weighted by Crippen LogP contribution is -2.29. The van der Waals surface area contributed by atoms with Crippen molar-refractivity contribution in [2.45, 2.75) is 65.3 Å². The fourth-order valence-electron chi connectivity index (χ4n) is 1.90. The molecular formula is C13H29NO2S. The average molecular weight is 263 g/mol. The first-order valence-corrected chi connectivity index (χ1v) is 8.81. The highest BCUT2D eigenvalue weighted by atomic mass is 32.2. The number of unbranched alkanes of at least 4 members (excludes halogenated alkanes) is 1. The predicted molar refractivity (Wildman–Crippen MR) is 75.2 cm³/mol. The third kappa shape index (κ3) is 9.60. The molecule has 0 saturated heterocycles. The molecule has 0 amide bonds. The second-order valence-corrected chi connectivity index (χ2v) is 7.14. The van der Waals surface area contributed by atoms with Crippen LogP contribution < -0.4 is 5.32 Å². The van der Waals surface area contributed by atoms with Gasteiger partial charge in [0, 0.05) is 11.8 Å². The summed E-state index contributed by atoms with van der Waals surface area (Å²) in [5, 5.41) is 3.53. The number of rotatable bonds is 11. The van der Waals surface area contributed by atoms with Crippen molar-refractivity contribution in [3.63, 3.8) is 0 Å². The molecule has 1 atom stereocenters. The van der Waals surface area contributed by atoms with Crippen LogP contribution in [0.15, 0.2) is 0 Å². The largest absolute Gasteiger partial charge is 0.314 e. The Morgan fingerprint density at radius 3 is 2.24 bits per heavy atom. The standard InChI is InChI=1S/C13H29NO2S/c1-4-9-13(14-11-5-2)10-7-8-12-17(15,16)6-3/h13-14H,4-12H2,1-3H3. The molecule has 0 aromatic heterocycles. The Kier molecular flexibility index (Phi) is 9.84. The van der Waals surface area contributed by atoms with Gasteiger partial charge in [0.1, 0.15) is 9.84 Å². The van der Waals surface area contributed by atoms with Crippen molar-refractivity contribution in [1.29, 1.82) is 0 Å². The molecule has 17 heavy (non-hydrogen) atoms. The topological polar surface area (TPSA) is 46.2 Å². The first-order chi connectivity index (χ1) is 8.05. The molecule has 1 unspecified atom stereocenters. The molecular weight excluding hydrogens is 234 g/mol. The monoisotopic (exact) mass is 263 g/mol. The van der Waals surface area contributed by atoms with Crippen LogP contribution in [-0.4, -0.2) is 32.5 Å². The van der Waals surface area contributed by atoms with Gasteiger partial charge >= 0.3 is 0 Å². The molecule has 0 saturated carbocycles. The summed E-state index contributed by atoms with van der Waals surface area (Å²) < 4.78 is 22.7. The van der Waals surface area contributed by atoms with Crippen molar-refractivity contribution >= 4 is 9.84 Å². The van der Waals surface area contributed by atoms with Gasteiger partial charge in [0.2, 0.25) is 0 Å². The molecule has 0 spiro atoms. The summed E-state index contributed by atoms with van der Waals surface area (Å²) in [6.07, 6.45) is 6.47. The number of hydrogen-bond acceptors (Lipinski definition) is 3. The minimum absolute atomic E-state index is 0.277. The fourth-order valence-corrected chi connectivity index (χ4v) is 2.84. The van der Waals surface area contributed by atoms with Crippen LogP contribution in [0, 0.1) is 0 Å². The number of hydrogen-bond donors (Lipinski definition) is 1. The van der Waals surface area contributed by atoms with Gasteiger partial charge in [0.15, 0.2) is 0 Å². The highest BCUT2D eigenvalue weighted by Gasteiger charge is 2.09. The molecule has 1 N–H and O–H groups in total. The van der Waals surface area contributed by atoms with Crippen molar-refractivity contribution in [1.82, 2.24) is 5.32 Å². The molecule has 0 fully saturated rings. The summed E-state index contributed by atoms with van der Waals surface area (Å²) in [4.78, 5) is 0. The second kappa shape index (κ2) is 9.89. The molecule has 0 aliphatic rings. The van der Waals surface area contributed by atoms with Gasteiger partial charge in [-0.2, -0.15) is 0 Å². The zero-order valence-electron chi connectivity index (χ0n) is 11.7. The first-order valence-electron chi connectivity index (χ1n) is 6.99. The lowest BCUT2D eigenvalue weighted by molar-refractivity contribution is 0.435. The molecule has 4 heteroatoms. The Labute approximate surface area is 107 Å². The minimum Gasteiger partial charge on any atom is -0.314 e. The Balaban J connectivity index is 3.74. The van der Waals surface area contributed by atoms with Crippen molar-refractivity contribution < 1.29 is 8.42 Å². The molecule has 104 valence electrons. The van der Waals surface area contributed by atoms with Crippen LogP contribution in [0.3, 0.4) is 0 Å². The molecule has 0 radical (unpaired) electrons. The second-order valence-electron chi connectivity index (χ2n) is 4.67. The maximum absolute atomic E-state index is 11.3. The highest BCUT2D eigenvalue weighted by Crippen LogP contribution is 2.08. The van der Waals surface area contributed by atoms with Crippen LogP contribution in [0.1, 0.15) is 59.3 Å². The van der Waals surface area contributed by atoms with E-state index in [4.69, 9.17) is 0 Å². The van der Waals surface area contributed by atoms with E-state index in [0.717, 1.165) is 32.2 Å². The zero-order chi connectivity index (χ0) is 13.1. The van der Waals surface area contributed by atoms with Gasteiger partial charge in [-0.3, -0.25) is 0 Å². The Morgan fingerprint density at radius 1 is 1.00 bits per heavy atom. The van der Waals surface area contributed by atoms with E-state index in [-0.39, 0.29) is 5.75 Å². The van der Waals surface area contributed by atoms with E-state index in [9.17, 15) is 8.42 Å². The normalized spacial score (nSPS) is 13.8. The molecule has 0 bridgehead atoms. The van der Waals surface area contributed by atoms with Crippen molar-refractivity contribution in [2.24, 2.45) is 0 Å². The first kappa shape index (κ1) is 16.9. The SMILES string of the molecule is CCCNC(CCC)CCCCS(=O)(=O)CC. The van der Waals surface area contributed by atoms with E-state index < -0.39 is 9.84 Å². The number of sulfone groups is 1. The number of nitrogens with one attached hydrogen (secondary N) is 1. The van der Waals surface area contributed by atoms with Gasteiger partial charge in [-0.1, -0.05) is 33.6 Å². The minimum atomic E-state index is -2.77. The average Bonchev–Trinajstić information content (AvgIpc) is 2.31. The smallest absolute Gasteiger partial charge is 0.150 e. The molecule has 0 aromatic rings. The molecule has 0 aliphatic carbocycles. The summed E-state index contributed by atoms with van der Waals surface area (Å²) in [6, 6.07) is 0.573. The fraction of sp³-hybridized carbons (Fsp3) is 1.00. The van der Waals surface area contributed by atoms with Gasteiger partial charge < -0.3 is 5.32 Å². The maximum atomic E-state index is 11.3. The third-order valence-corrected chi connectivity index (χ3v) is 4.81. The summed E-state index contributed by atoms with van der Waals surface area (Å²) in [5.74, 6) is 0.635. The van der Waals surface area contributed by atoms with E-state index in [2.05, 4.69) is 19.2 Å². The van der Waals surface area contributed by atoms with Crippen LogP contribution in [0.2, 0.25) is 0 Å². The van der Waals surface area contributed by atoms with Crippen LogP contribution >= 0.6 is 0 Å². The van der Waals surface area contributed by atoms with Crippen LogP contribution in [0.5, 0.6) is 0 Å². The van der Waals surface area contributed by atoms with Gasteiger partial charge in [-0.05, 0) is 32.2 Å². The Morgan fingerprint density at radius 2 is 1.71 bits per heavy atom. The quantitative estimate of drug-likeness (QED) is 0.583. The molecule has 3 nitrogen and oxygen atoms in total. The van der Waals surface area contributed by atoms with Gasteiger partial charge in [0.25, 0.3) is 0 Å². The van der Waals surface area contributed by atoms with Crippen LogP contribution in [0.25, 0.3) is 0 Å². The van der Waals surface area contributed by atoms with Crippen molar-refractivity contribution in [2.75, 3.05) is 18.1 Å². The Bertz CT molecular complexity index is 263. The van der Waals surface area contributed by atoms with E-state index in [0.29, 0.717) is 11.8 Å². The summed E-state index contributed by atoms with van der Waals surface area (Å²) in [6.45, 7) is 7.15. The van der Waals surface area contributed by atoms with Crippen molar-refractivity contribution in [3.05, 3.63) is 0 Å². The predicted octanol–water partition coefficient (Wildman–Crippen LogP) is 2.76.